The van der Waals surface area contributed by atoms with E-state index in [9.17, 15) is 9.59 Å². The predicted molar refractivity (Wildman–Crippen MR) is 70.2 cm³/mol. The van der Waals surface area contributed by atoms with Crippen molar-refractivity contribution < 1.29 is 14.7 Å². The van der Waals surface area contributed by atoms with Crippen molar-refractivity contribution in [2.45, 2.75) is 52.4 Å². The molecule has 1 aliphatic carbocycles. The summed E-state index contributed by atoms with van der Waals surface area (Å²) >= 11 is 0. The molecule has 1 fully saturated rings. The fourth-order valence-electron chi connectivity index (χ4n) is 2.85. The molecule has 2 unspecified atom stereocenters. The summed E-state index contributed by atoms with van der Waals surface area (Å²) in [5.74, 6) is 0.247. The largest absolute Gasteiger partial charge is 0.480 e. The van der Waals surface area contributed by atoms with E-state index in [1.54, 1.807) is 0 Å². The van der Waals surface area contributed by atoms with Crippen molar-refractivity contribution in [3.63, 3.8) is 0 Å². The number of nitrogens with zero attached hydrogens (tertiary/aromatic N) is 1. The highest BCUT2D eigenvalue weighted by molar-refractivity contribution is 5.81. The van der Waals surface area contributed by atoms with E-state index >= 15 is 0 Å². The van der Waals surface area contributed by atoms with Gasteiger partial charge in [0, 0.05) is 13.0 Å². The lowest BCUT2D eigenvalue weighted by molar-refractivity contribution is -0.145. The molecule has 0 spiro atoms. The molecule has 1 aliphatic rings. The molecule has 0 bridgehead atoms. The second-order valence-electron chi connectivity index (χ2n) is 5.55. The first-order valence-corrected chi connectivity index (χ1v) is 7.02. The highest BCUT2D eigenvalue weighted by Crippen LogP contribution is 2.31. The summed E-state index contributed by atoms with van der Waals surface area (Å²) in [5.41, 5.74) is 0. The Kier molecular flexibility index (Phi) is 6.16. The number of rotatable bonds is 6. The minimum Gasteiger partial charge on any atom is -0.480 e. The molecule has 0 radical (unpaired) electrons. The monoisotopic (exact) mass is 255 g/mol. The maximum atomic E-state index is 12.1. The SMILES string of the molecule is CCCN(CC(=O)O)C(=O)CC1CCCC(C)C1. The molecule has 2 atom stereocenters. The zero-order chi connectivity index (χ0) is 13.5. The lowest BCUT2D eigenvalue weighted by Crippen LogP contribution is -2.37. The lowest BCUT2D eigenvalue weighted by Gasteiger charge is -2.28. The topological polar surface area (TPSA) is 57.6 Å². The summed E-state index contributed by atoms with van der Waals surface area (Å²) in [6.45, 7) is 4.59. The van der Waals surface area contributed by atoms with Gasteiger partial charge < -0.3 is 10.0 Å². The molecule has 4 heteroatoms. The van der Waals surface area contributed by atoms with Crippen molar-refractivity contribution in [1.82, 2.24) is 4.90 Å². The summed E-state index contributed by atoms with van der Waals surface area (Å²) in [6, 6.07) is 0. The molecule has 0 aromatic rings. The average molecular weight is 255 g/mol. The van der Waals surface area contributed by atoms with Gasteiger partial charge in [-0.25, -0.2) is 0 Å². The first-order chi connectivity index (χ1) is 8.52. The van der Waals surface area contributed by atoms with Crippen molar-refractivity contribution in [3.8, 4) is 0 Å². The summed E-state index contributed by atoms with van der Waals surface area (Å²) in [6.07, 6.45) is 6.02. The van der Waals surface area contributed by atoms with Crippen molar-refractivity contribution in [2.24, 2.45) is 11.8 Å². The predicted octanol–water partition coefficient (Wildman–Crippen LogP) is 2.53. The fraction of sp³-hybridized carbons (Fsp3) is 0.857. The third-order valence-electron chi connectivity index (χ3n) is 3.68. The quantitative estimate of drug-likeness (QED) is 0.793. The summed E-state index contributed by atoms with van der Waals surface area (Å²) in [4.78, 5) is 24.3. The van der Waals surface area contributed by atoms with Crippen LogP contribution in [0, 0.1) is 11.8 Å². The van der Waals surface area contributed by atoms with Crippen LogP contribution >= 0.6 is 0 Å². The second kappa shape index (κ2) is 7.39. The smallest absolute Gasteiger partial charge is 0.323 e. The van der Waals surface area contributed by atoms with E-state index in [1.165, 1.54) is 17.7 Å². The molecule has 0 aromatic carbocycles. The average Bonchev–Trinajstić information content (AvgIpc) is 2.27. The van der Waals surface area contributed by atoms with Gasteiger partial charge in [0.1, 0.15) is 6.54 Å². The van der Waals surface area contributed by atoms with Crippen molar-refractivity contribution in [3.05, 3.63) is 0 Å². The molecule has 18 heavy (non-hydrogen) atoms. The number of carboxylic acids is 1. The van der Waals surface area contributed by atoms with Crippen molar-refractivity contribution >= 4 is 11.9 Å². The van der Waals surface area contributed by atoms with Gasteiger partial charge in [0.05, 0.1) is 0 Å². The highest BCUT2D eigenvalue weighted by atomic mass is 16.4. The van der Waals surface area contributed by atoms with E-state index in [0.717, 1.165) is 19.3 Å². The Morgan fingerprint density at radius 3 is 2.61 bits per heavy atom. The Hall–Kier alpha value is -1.06. The van der Waals surface area contributed by atoms with E-state index in [2.05, 4.69) is 6.92 Å². The van der Waals surface area contributed by atoms with Gasteiger partial charge in [-0.1, -0.05) is 26.7 Å². The Labute approximate surface area is 109 Å². The number of carbonyl (C=O) groups is 2. The van der Waals surface area contributed by atoms with Gasteiger partial charge >= 0.3 is 5.97 Å². The van der Waals surface area contributed by atoms with Crippen LogP contribution in [0.25, 0.3) is 0 Å². The van der Waals surface area contributed by atoms with Crippen molar-refractivity contribution in [1.29, 1.82) is 0 Å². The van der Waals surface area contributed by atoms with Crippen LogP contribution in [0.4, 0.5) is 0 Å². The molecule has 0 aliphatic heterocycles. The number of carbonyl (C=O) groups excluding carboxylic acids is 1. The fourth-order valence-corrected chi connectivity index (χ4v) is 2.85. The van der Waals surface area contributed by atoms with Crippen LogP contribution in [-0.2, 0) is 9.59 Å². The van der Waals surface area contributed by atoms with E-state index in [0.29, 0.717) is 24.8 Å². The molecule has 104 valence electrons. The van der Waals surface area contributed by atoms with Gasteiger partial charge in [-0.15, -0.1) is 0 Å². The van der Waals surface area contributed by atoms with Gasteiger partial charge in [0.2, 0.25) is 5.91 Å². The molecule has 1 rings (SSSR count). The Morgan fingerprint density at radius 2 is 2.06 bits per heavy atom. The van der Waals surface area contributed by atoms with E-state index in [4.69, 9.17) is 5.11 Å². The molecule has 1 N–H and O–H groups in total. The Bertz CT molecular complexity index is 291. The molecule has 1 saturated carbocycles. The zero-order valence-electron chi connectivity index (χ0n) is 11.5. The molecule has 4 nitrogen and oxygen atoms in total. The number of hydrogen-bond donors (Lipinski definition) is 1. The lowest BCUT2D eigenvalue weighted by atomic mass is 9.80. The van der Waals surface area contributed by atoms with Gasteiger partial charge in [-0.05, 0) is 31.1 Å². The van der Waals surface area contributed by atoms with Gasteiger partial charge in [0.25, 0.3) is 0 Å². The van der Waals surface area contributed by atoms with E-state index < -0.39 is 5.97 Å². The maximum absolute atomic E-state index is 12.1. The van der Waals surface area contributed by atoms with Crippen LogP contribution in [-0.4, -0.2) is 35.0 Å². The standard InChI is InChI=1S/C14H25NO3/c1-3-7-15(10-14(17)18)13(16)9-12-6-4-5-11(2)8-12/h11-12H,3-10H2,1-2H3,(H,17,18). The minimum atomic E-state index is -0.922. The number of amides is 1. The number of hydrogen-bond acceptors (Lipinski definition) is 2. The molecule has 0 heterocycles. The van der Waals surface area contributed by atoms with Gasteiger partial charge in [0.15, 0.2) is 0 Å². The van der Waals surface area contributed by atoms with Gasteiger partial charge in [-0.3, -0.25) is 9.59 Å². The summed E-state index contributed by atoms with van der Waals surface area (Å²) in [7, 11) is 0. The molecular formula is C14H25NO3. The minimum absolute atomic E-state index is 0.0124. The first-order valence-electron chi connectivity index (χ1n) is 7.02. The third kappa shape index (κ3) is 5.07. The molecular weight excluding hydrogens is 230 g/mol. The summed E-state index contributed by atoms with van der Waals surface area (Å²) in [5, 5.41) is 8.81. The van der Waals surface area contributed by atoms with Crippen LogP contribution in [0.3, 0.4) is 0 Å². The normalized spacial score (nSPS) is 23.7. The Morgan fingerprint density at radius 1 is 1.33 bits per heavy atom. The van der Waals surface area contributed by atoms with Gasteiger partial charge in [-0.2, -0.15) is 0 Å². The maximum Gasteiger partial charge on any atom is 0.323 e. The second-order valence-corrected chi connectivity index (χ2v) is 5.55. The van der Waals surface area contributed by atoms with Crippen LogP contribution in [0.1, 0.15) is 52.4 Å². The van der Waals surface area contributed by atoms with Crippen LogP contribution < -0.4 is 0 Å². The number of carboxylic acid groups (broad SMARTS) is 1. The molecule has 0 saturated heterocycles. The summed E-state index contributed by atoms with van der Waals surface area (Å²) < 4.78 is 0. The zero-order valence-corrected chi connectivity index (χ0v) is 11.5. The highest BCUT2D eigenvalue weighted by Gasteiger charge is 2.24. The van der Waals surface area contributed by atoms with Crippen LogP contribution in [0.15, 0.2) is 0 Å². The molecule has 1 amide bonds. The first kappa shape index (κ1) is 15.0. The van der Waals surface area contributed by atoms with Crippen LogP contribution in [0.2, 0.25) is 0 Å². The van der Waals surface area contributed by atoms with Crippen LogP contribution in [0.5, 0.6) is 0 Å². The third-order valence-corrected chi connectivity index (χ3v) is 3.68. The molecule has 0 aromatic heterocycles. The Balaban J connectivity index is 2.46. The number of aliphatic carboxylic acids is 1. The van der Waals surface area contributed by atoms with E-state index in [-0.39, 0.29) is 12.5 Å². The van der Waals surface area contributed by atoms with Crippen molar-refractivity contribution in [2.75, 3.05) is 13.1 Å². The van der Waals surface area contributed by atoms with E-state index in [1.807, 2.05) is 6.92 Å².